The van der Waals surface area contributed by atoms with Crippen molar-refractivity contribution in [2.45, 2.75) is 37.6 Å². The Kier molecular flexibility index (Phi) is 4.35. The number of aliphatic carboxylic acids is 1. The van der Waals surface area contributed by atoms with Crippen LogP contribution in [0.4, 0.5) is 0 Å². The summed E-state index contributed by atoms with van der Waals surface area (Å²) in [6.45, 7) is 0.909. The second-order valence-electron chi connectivity index (χ2n) is 5.91. The second kappa shape index (κ2) is 6.28. The Morgan fingerprint density at radius 1 is 1.17 bits per heavy atom. The van der Waals surface area contributed by atoms with E-state index in [1.807, 2.05) is 0 Å². The van der Waals surface area contributed by atoms with Crippen molar-refractivity contribution in [2.75, 3.05) is 13.2 Å². The Hall–Kier alpha value is -1.95. The smallest absolute Gasteiger partial charge is 0.329 e. The van der Waals surface area contributed by atoms with Crippen molar-refractivity contribution >= 4 is 23.5 Å². The van der Waals surface area contributed by atoms with Crippen LogP contribution in [0.25, 0.3) is 0 Å². The quantitative estimate of drug-likeness (QED) is 0.878. The number of hydrogen-bond donors (Lipinski definition) is 2. The van der Waals surface area contributed by atoms with Crippen molar-refractivity contribution in [3.63, 3.8) is 0 Å². The van der Waals surface area contributed by atoms with Gasteiger partial charge in [-0.1, -0.05) is 24.4 Å². The van der Waals surface area contributed by atoms with Gasteiger partial charge in [-0.3, -0.25) is 4.79 Å². The molecule has 1 heterocycles. The third kappa shape index (κ3) is 3.22. The van der Waals surface area contributed by atoms with Gasteiger partial charge in [0, 0.05) is 11.1 Å². The number of carbonyl (C=O) groups excluding carboxylic acids is 1. The van der Waals surface area contributed by atoms with Gasteiger partial charge in [0.05, 0.1) is 6.42 Å². The van der Waals surface area contributed by atoms with Crippen LogP contribution in [-0.2, 0) is 16.0 Å². The van der Waals surface area contributed by atoms with E-state index in [0.717, 1.165) is 12.8 Å². The predicted molar refractivity (Wildman–Crippen MR) is 83.1 cm³/mol. The van der Waals surface area contributed by atoms with E-state index in [0.29, 0.717) is 48.1 Å². The monoisotopic (exact) mass is 339 g/mol. The van der Waals surface area contributed by atoms with E-state index in [4.69, 9.17) is 21.1 Å². The molecule has 7 heteroatoms. The first-order chi connectivity index (χ1) is 11.0. The van der Waals surface area contributed by atoms with Crippen LogP contribution < -0.4 is 14.8 Å². The maximum atomic E-state index is 12.3. The number of ether oxygens (including phenoxy) is 2. The normalized spacial score (nSPS) is 18.5. The van der Waals surface area contributed by atoms with Crippen molar-refractivity contribution in [3.05, 3.63) is 22.7 Å². The van der Waals surface area contributed by atoms with Crippen LogP contribution >= 0.6 is 11.6 Å². The molecular weight excluding hydrogens is 322 g/mol. The molecule has 0 unspecified atom stereocenters. The minimum absolute atomic E-state index is 0.00447. The fraction of sp³-hybridized carbons (Fsp3) is 0.500. The Morgan fingerprint density at radius 2 is 1.78 bits per heavy atom. The highest BCUT2D eigenvalue weighted by Crippen LogP contribution is 2.36. The zero-order chi connectivity index (χ0) is 16.4. The SMILES string of the molecule is O=C(Cc1cc2c(cc1Cl)OCCO2)NC1(C(=O)O)CCCC1. The van der Waals surface area contributed by atoms with Crippen LogP contribution in [0.2, 0.25) is 5.02 Å². The third-order valence-electron chi connectivity index (χ3n) is 4.31. The van der Waals surface area contributed by atoms with Gasteiger partial charge in [-0.05, 0) is 24.5 Å². The van der Waals surface area contributed by atoms with Crippen molar-refractivity contribution in [3.8, 4) is 11.5 Å². The summed E-state index contributed by atoms with van der Waals surface area (Å²) in [5.74, 6) is -0.218. The van der Waals surface area contributed by atoms with Gasteiger partial charge < -0.3 is 19.9 Å². The number of fused-ring (bicyclic) bond motifs is 1. The third-order valence-corrected chi connectivity index (χ3v) is 4.66. The maximum Gasteiger partial charge on any atom is 0.329 e. The zero-order valence-corrected chi connectivity index (χ0v) is 13.3. The summed E-state index contributed by atoms with van der Waals surface area (Å²) in [6, 6.07) is 3.31. The summed E-state index contributed by atoms with van der Waals surface area (Å²) in [7, 11) is 0. The van der Waals surface area contributed by atoms with E-state index in [2.05, 4.69) is 5.32 Å². The van der Waals surface area contributed by atoms with Crippen molar-refractivity contribution in [1.29, 1.82) is 0 Å². The lowest BCUT2D eigenvalue weighted by atomic mass is 9.97. The summed E-state index contributed by atoms with van der Waals surface area (Å²) in [6.07, 6.45) is 2.53. The molecule has 6 nitrogen and oxygen atoms in total. The van der Waals surface area contributed by atoms with Gasteiger partial charge in [0.1, 0.15) is 18.8 Å². The average Bonchev–Trinajstić information content (AvgIpc) is 2.98. The van der Waals surface area contributed by atoms with Gasteiger partial charge in [0.2, 0.25) is 5.91 Å². The van der Waals surface area contributed by atoms with Crippen LogP contribution in [0, 0.1) is 0 Å². The molecule has 0 bridgehead atoms. The predicted octanol–water partition coefficient (Wildman–Crippen LogP) is 2.17. The molecule has 1 amide bonds. The lowest BCUT2D eigenvalue weighted by molar-refractivity contribution is -0.147. The van der Waals surface area contributed by atoms with Gasteiger partial charge in [-0.25, -0.2) is 4.79 Å². The van der Waals surface area contributed by atoms with E-state index < -0.39 is 11.5 Å². The molecule has 1 aliphatic carbocycles. The van der Waals surface area contributed by atoms with Crippen LogP contribution in [0.15, 0.2) is 12.1 Å². The number of amides is 1. The molecule has 0 radical (unpaired) electrons. The minimum atomic E-state index is -1.14. The molecule has 0 aromatic heterocycles. The van der Waals surface area contributed by atoms with Gasteiger partial charge in [-0.15, -0.1) is 0 Å². The molecule has 1 aromatic carbocycles. The molecule has 1 fully saturated rings. The maximum absolute atomic E-state index is 12.3. The summed E-state index contributed by atoms with van der Waals surface area (Å²) in [5.41, 5.74) is -0.552. The van der Waals surface area contributed by atoms with Crippen molar-refractivity contribution in [2.24, 2.45) is 0 Å². The van der Waals surface area contributed by atoms with Gasteiger partial charge in [0.15, 0.2) is 11.5 Å². The first-order valence-corrected chi connectivity index (χ1v) is 8.00. The second-order valence-corrected chi connectivity index (χ2v) is 6.31. The van der Waals surface area contributed by atoms with Gasteiger partial charge in [-0.2, -0.15) is 0 Å². The molecule has 124 valence electrons. The number of carboxylic acids is 1. The molecule has 0 saturated heterocycles. The summed E-state index contributed by atoms with van der Waals surface area (Å²) < 4.78 is 10.9. The highest BCUT2D eigenvalue weighted by atomic mass is 35.5. The summed E-state index contributed by atoms with van der Waals surface area (Å²) >= 11 is 6.19. The number of hydrogen-bond acceptors (Lipinski definition) is 4. The number of carbonyl (C=O) groups is 2. The summed E-state index contributed by atoms with van der Waals surface area (Å²) in [5, 5.41) is 12.5. The van der Waals surface area contributed by atoms with Crippen LogP contribution in [0.3, 0.4) is 0 Å². The number of nitrogens with one attached hydrogen (secondary N) is 1. The minimum Gasteiger partial charge on any atom is -0.486 e. The van der Waals surface area contributed by atoms with Crippen molar-refractivity contribution < 1.29 is 24.2 Å². The lowest BCUT2D eigenvalue weighted by Crippen LogP contribution is -2.52. The van der Waals surface area contributed by atoms with Crippen LogP contribution in [0.5, 0.6) is 11.5 Å². The molecule has 1 saturated carbocycles. The Bertz CT molecular complexity index is 640. The van der Waals surface area contributed by atoms with Gasteiger partial charge >= 0.3 is 5.97 Å². The first kappa shape index (κ1) is 15.9. The summed E-state index contributed by atoms with van der Waals surface area (Å²) in [4.78, 5) is 23.8. The van der Waals surface area contributed by atoms with Crippen LogP contribution in [-0.4, -0.2) is 35.7 Å². The number of halogens is 1. The molecule has 2 aliphatic rings. The van der Waals surface area contributed by atoms with Crippen LogP contribution in [0.1, 0.15) is 31.2 Å². The van der Waals surface area contributed by atoms with E-state index in [1.54, 1.807) is 12.1 Å². The standard InChI is InChI=1S/C16H18ClNO5/c17-11-9-13-12(22-5-6-23-13)7-10(11)8-14(19)18-16(15(20)21)3-1-2-4-16/h7,9H,1-6,8H2,(H,18,19)(H,20,21). The van der Waals surface area contributed by atoms with Gasteiger partial charge in [0.25, 0.3) is 0 Å². The molecule has 0 atom stereocenters. The first-order valence-electron chi connectivity index (χ1n) is 7.63. The highest BCUT2D eigenvalue weighted by molar-refractivity contribution is 6.31. The molecule has 0 spiro atoms. The fourth-order valence-electron chi connectivity index (χ4n) is 3.10. The average molecular weight is 340 g/mol. The topological polar surface area (TPSA) is 84.9 Å². The molecule has 1 aliphatic heterocycles. The Labute approximate surface area is 138 Å². The number of benzene rings is 1. The Morgan fingerprint density at radius 3 is 2.39 bits per heavy atom. The van der Waals surface area contributed by atoms with E-state index >= 15 is 0 Å². The molecule has 3 rings (SSSR count). The fourth-order valence-corrected chi connectivity index (χ4v) is 3.32. The van der Waals surface area contributed by atoms with E-state index in [-0.39, 0.29) is 12.3 Å². The highest BCUT2D eigenvalue weighted by Gasteiger charge is 2.42. The Balaban J connectivity index is 1.74. The van der Waals surface area contributed by atoms with E-state index in [1.165, 1.54) is 0 Å². The van der Waals surface area contributed by atoms with Crippen molar-refractivity contribution in [1.82, 2.24) is 5.32 Å². The molecule has 23 heavy (non-hydrogen) atoms. The molecule has 1 aromatic rings. The number of rotatable bonds is 4. The zero-order valence-electron chi connectivity index (χ0n) is 12.6. The molecular formula is C16H18ClNO5. The number of carboxylic acid groups (broad SMARTS) is 1. The largest absolute Gasteiger partial charge is 0.486 e. The lowest BCUT2D eigenvalue weighted by Gasteiger charge is -2.25. The van der Waals surface area contributed by atoms with E-state index in [9.17, 15) is 14.7 Å². The molecule has 2 N–H and O–H groups in total.